The van der Waals surface area contributed by atoms with E-state index in [1.165, 1.54) is 0 Å². The van der Waals surface area contributed by atoms with Gasteiger partial charge in [0.15, 0.2) is 11.5 Å². The third kappa shape index (κ3) is 6.88. The largest absolute Gasteiger partial charge is 0.354 e. The Morgan fingerprint density at radius 2 is 1.97 bits per heavy atom. The van der Waals surface area contributed by atoms with Crippen molar-refractivity contribution in [1.29, 1.82) is 0 Å². The van der Waals surface area contributed by atoms with Crippen molar-refractivity contribution in [2.45, 2.75) is 37.1 Å². The zero-order valence-corrected chi connectivity index (χ0v) is 18.4. The average Bonchev–Trinajstić information content (AvgIpc) is 3.26. The Kier molecular flexibility index (Phi) is 8.11. The molecule has 0 saturated carbocycles. The average molecular weight is 440 g/mol. The number of anilines is 1. The van der Waals surface area contributed by atoms with Crippen LogP contribution in [0.3, 0.4) is 0 Å². The Bertz CT molecular complexity index is 1020. The Morgan fingerprint density at radius 1 is 1.10 bits per heavy atom. The van der Waals surface area contributed by atoms with Gasteiger partial charge in [0.05, 0.1) is 18.3 Å². The minimum Gasteiger partial charge on any atom is -0.354 e. The number of rotatable bonds is 10. The van der Waals surface area contributed by atoms with Crippen molar-refractivity contribution in [2.24, 2.45) is 0 Å². The van der Waals surface area contributed by atoms with Crippen LogP contribution < -0.4 is 10.6 Å². The van der Waals surface area contributed by atoms with Crippen LogP contribution in [0.15, 0.2) is 47.5 Å². The van der Waals surface area contributed by atoms with Crippen LogP contribution in [0, 0.1) is 0 Å². The van der Waals surface area contributed by atoms with Gasteiger partial charge in [-0.2, -0.15) is 5.10 Å². The molecule has 0 saturated heterocycles. The normalized spacial score (nSPS) is 10.6. The Morgan fingerprint density at radius 3 is 2.71 bits per heavy atom. The van der Waals surface area contributed by atoms with E-state index in [-0.39, 0.29) is 11.8 Å². The molecule has 0 radical (unpaired) electrons. The van der Waals surface area contributed by atoms with Crippen molar-refractivity contribution < 1.29 is 9.59 Å². The van der Waals surface area contributed by atoms with E-state index in [9.17, 15) is 9.59 Å². The first-order valence-corrected chi connectivity index (χ1v) is 11.2. The van der Waals surface area contributed by atoms with E-state index in [4.69, 9.17) is 0 Å². The Hall–Kier alpha value is -3.27. The standard InChI is InChI=1S/C21H25N7O2S/c1-22-21(30)18-14-28(27-25-18)11-4-3-7-16-9-10-19(26-24-16)23-20(29)13-15-6-5-8-17(12-15)31-2/h5-6,8-10,12,14H,3-4,7,11,13H2,1-2H3,(H,22,30)(H,23,26,29). The number of amides is 2. The monoisotopic (exact) mass is 439 g/mol. The summed E-state index contributed by atoms with van der Waals surface area (Å²) in [5.41, 5.74) is 2.13. The molecule has 0 bridgehead atoms. The van der Waals surface area contributed by atoms with Crippen LogP contribution in [-0.4, -0.2) is 50.3 Å². The number of nitrogens with one attached hydrogen (secondary N) is 2. The molecule has 162 valence electrons. The quantitative estimate of drug-likeness (QED) is 0.368. The van der Waals surface area contributed by atoms with Crippen LogP contribution >= 0.6 is 11.8 Å². The number of nitrogens with zero attached hydrogens (tertiary/aromatic N) is 5. The van der Waals surface area contributed by atoms with Gasteiger partial charge in [0.25, 0.3) is 5.91 Å². The smallest absolute Gasteiger partial charge is 0.273 e. The fraction of sp³-hybridized carbons (Fsp3) is 0.333. The lowest BCUT2D eigenvalue weighted by Gasteiger charge is -2.06. The van der Waals surface area contributed by atoms with E-state index < -0.39 is 0 Å². The first kappa shape index (κ1) is 22.4. The van der Waals surface area contributed by atoms with Gasteiger partial charge < -0.3 is 10.6 Å². The molecule has 0 aliphatic carbocycles. The number of unbranched alkanes of at least 4 members (excludes halogenated alkanes) is 1. The molecule has 31 heavy (non-hydrogen) atoms. The van der Waals surface area contributed by atoms with Crippen LogP contribution in [0.4, 0.5) is 5.82 Å². The lowest BCUT2D eigenvalue weighted by atomic mass is 10.1. The summed E-state index contributed by atoms with van der Waals surface area (Å²) in [7, 11) is 1.56. The molecule has 2 aromatic heterocycles. The minimum absolute atomic E-state index is 0.121. The van der Waals surface area contributed by atoms with Gasteiger partial charge >= 0.3 is 0 Å². The molecule has 0 atom stereocenters. The van der Waals surface area contributed by atoms with E-state index in [2.05, 4.69) is 31.1 Å². The molecule has 1 aromatic carbocycles. The fourth-order valence-electron chi connectivity index (χ4n) is 2.93. The van der Waals surface area contributed by atoms with E-state index in [0.717, 1.165) is 35.4 Å². The number of thioether (sulfide) groups is 1. The molecule has 0 aliphatic rings. The maximum atomic E-state index is 12.3. The molecule has 0 spiro atoms. The lowest BCUT2D eigenvalue weighted by molar-refractivity contribution is -0.115. The number of hydrogen-bond acceptors (Lipinski definition) is 7. The van der Waals surface area contributed by atoms with Crippen LogP contribution in [0.2, 0.25) is 0 Å². The maximum Gasteiger partial charge on any atom is 0.273 e. The highest BCUT2D eigenvalue weighted by Crippen LogP contribution is 2.16. The summed E-state index contributed by atoms with van der Waals surface area (Å²) in [6.45, 7) is 0.670. The zero-order chi connectivity index (χ0) is 22.1. The molecule has 2 N–H and O–H groups in total. The van der Waals surface area contributed by atoms with Gasteiger partial charge in [0.2, 0.25) is 5.91 Å². The van der Waals surface area contributed by atoms with Crippen molar-refractivity contribution >= 4 is 29.4 Å². The van der Waals surface area contributed by atoms with Crippen LogP contribution in [0.1, 0.15) is 34.6 Å². The highest BCUT2D eigenvalue weighted by Gasteiger charge is 2.09. The molecule has 10 heteroatoms. The zero-order valence-electron chi connectivity index (χ0n) is 17.5. The summed E-state index contributed by atoms with van der Waals surface area (Å²) in [6, 6.07) is 11.6. The summed E-state index contributed by atoms with van der Waals surface area (Å²) < 4.78 is 1.66. The summed E-state index contributed by atoms with van der Waals surface area (Å²) in [4.78, 5) is 24.9. The van der Waals surface area contributed by atoms with Crippen molar-refractivity contribution in [2.75, 3.05) is 18.6 Å². The highest BCUT2D eigenvalue weighted by atomic mass is 32.2. The lowest BCUT2D eigenvalue weighted by Crippen LogP contribution is -2.18. The second-order valence-electron chi connectivity index (χ2n) is 6.89. The third-order valence-corrected chi connectivity index (χ3v) is 5.28. The van der Waals surface area contributed by atoms with Gasteiger partial charge in [0, 0.05) is 18.5 Å². The van der Waals surface area contributed by atoms with Crippen LogP contribution in [0.5, 0.6) is 0 Å². The first-order chi connectivity index (χ1) is 15.1. The molecular formula is C21H25N7O2S. The molecule has 2 heterocycles. The number of aromatic nitrogens is 5. The van der Waals surface area contributed by atoms with Crippen molar-refractivity contribution in [3.05, 3.63) is 59.5 Å². The number of aryl methyl sites for hydroxylation is 2. The number of carbonyl (C=O) groups excluding carboxylic acids is 2. The summed E-state index contributed by atoms with van der Waals surface area (Å²) in [6.07, 6.45) is 6.45. The number of hydrogen-bond donors (Lipinski definition) is 2. The van der Waals surface area contributed by atoms with Gasteiger partial charge in [-0.3, -0.25) is 14.3 Å². The predicted molar refractivity (Wildman–Crippen MR) is 119 cm³/mol. The first-order valence-electron chi connectivity index (χ1n) is 9.95. The summed E-state index contributed by atoms with van der Waals surface area (Å²) in [5, 5.41) is 21.4. The third-order valence-electron chi connectivity index (χ3n) is 4.55. The highest BCUT2D eigenvalue weighted by molar-refractivity contribution is 7.98. The van der Waals surface area contributed by atoms with Gasteiger partial charge in [-0.15, -0.1) is 22.0 Å². The number of benzene rings is 1. The molecule has 3 rings (SSSR count). The Labute approximate surface area is 185 Å². The van der Waals surface area contributed by atoms with E-state index in [0.29, 0.717) is 24.5 Å². The van der Waals surface area contributed by atoms with E-state index in [1.54, 1.807) is 35.8 Å². The maximum absolute atomic E-state index is 12.3. The van der Waals surface area contributed by atoms with Gasteiger partial charge in [-0.25, -0.2) is 0 Å². The summed E-state index contributed by atoms with van der Waals surface area (Å²) in [5.74, 6) is 0.0746. The molecule has 0 fully saturated rings. The topological polar surface area (TPSA) is 115 Å². The van der Waals surface area contributed by atoms with Crippen LogP contribution in [-0.2, 0) is 24.2 Å². The molecule has 3 aromatic rings. The fourth-order valence-corrected chi connectivity index (χ4v) is 3.42. The Balaban J connectivity index is 1.41. The van der Waals surface area contributed by atoms with Crippen molar-refractivity contribution in [3.63, 3.8) is 0 Å². The predicted octanol–water partition coefficient (Wildman–Crippen LogP) is 2.35. The number of carbonyl (C=O) groups is 2. The molecule has 0 unspecified atom stereocenters. The summed E-state index contributed by atoms with van der Waals surface area (Å²) >= 11 is 1.65. The second-order valence-corrected chi connectivity index (χ2v) is 7.77. The molecular weight excluding hydrogens is 414 g/mol. The molecule has 0 aliphatic heterocycles. The van der Waals surface area contributed by atoms with Crippen LogP contribution in [0.25, 0.3) is 0 Å². The van der Waals surface area contributed by atoms with E-state index >= 15 is 0 Å². The molecule has 9 nitrogen and oxygen atoms in total. The van der Waals surface area contributed by atoms with E-state index in [1.807, 2.05) is 36.6 Å². The van der Waals surface area contributed by atoms with Gasteiger partial charge in [-0.1, -0.05) is 17.3 Å². The van der Waals surface area contributed by atoms with Crippen molar-refractivity contribution in [1.82, 2.24) is 30.5 Å². The van der Waals surface area contributed by atoms with Gasteiger partial charge in [0.1, 0.15) is 0 Å². The van der Waals surface area contributed by atoms with Crippen molar-refractivity contribution in [3.8, 4) is 0 Å². The second kappa shape index (κ2) is 11.2. The molecule has 2 amide bonds. The van der Waals surface area contributed by atoms with Gasteiger partial charge in [-0.05, 0) is 55.3 Å². The minimum atomic E-state index is -0.248. The SMILES string of the molecule is CNC(=O)c1cn(CCCCc2ccc(NC(=O)Cc3cccc(SC)c3)nn2)nn1.